The highest BCUT2D eigenvalue weighted by molar-refractivity contribution is 5.86. The maximum absolute atomic E-state index is 5.88. The van der Waals surface area contributed by atoms with Crippen molar-refractivity contribution in [2.24, 2.45) is 5.41 Å². The second-order valence-electron chi connectivity index (χ2n) is 5.94. The van der Waals surface area contributed by atoms with Gasteiger partial charge in [-0.25, -0.2) is 0 Å². The van der Waals surface area contributed by atoms with Crippen molar-refractivity contribution >= 4 is 22.8 Å². The van der Waals surface area contributed by atoms with Crippen LogP contribution >= 0.6 is 0 Å². The Morgan fingerprint density at radius 2 is 2.11 bits per heavy atom. The van der Waals surface area contributed by atoms with Crippen LogP contribution in [0.15, 0.2) is 22.6 Å². The third kappa shape index (κ3) is 2.53. The predicted molar refractivity (Wildman–Crippen MR) is 78.1 cm³/mol. The van der Waals surface area contributed by atoms with Crippen LogP contribution < -0.4 is 11.1 Å². The lowest BCUT2D eigenvalue weighted by Crippen LogP contribution is -2.28. The number of para-hydroxylation sites is 1. The van der Waals surface area contributed by atoms with E-state index in [0.29, 0.717) is 17.1 Å². The van der Waals surface area contributed by atoms with Crippen molar-refractivity contribution in [3.8, 4) is 0 Å². The first-order valence-corrected chi connectivity index (χ1v) is 7.05. The molecule has 0 bridgehead atoms. The summed E-state index contributed by atoms with van der Waals surface area (Å²) in [4.78, 5) is 4.42. The molecule has 1 aromatic heterocycles. The van der Waals surface area contributed by atoms with Crippen LogP contribution in [0.2, 0.25) is 0 Å². The van der Waals surface area contributed by atoms with Crippen molar-refractivity contribution in [1.82, 2.24) is 4.98 Å². The molecule has 19 heavy (non-hydrogen) atoms. The number of nitrogen functional groups attached to an aromatic ring is 1. The molecule has 0 amide bonds. The Balaban J connectivity index is 1.73. The van der Waals surface area contributed by atoms with Gasteiger partial charge in [0.05, 0.1) is 5.69 Å². The third-order valence-electron chi connectivity index (χ3n) is 4.18. The first-order valence-electron chi connectivity index (χ1n) is 7.05. The van der Waals surface area contributed by atoms with Crippen LogP contribution in [0.1, 0.15) is 39.0 Å². The highest BCUT2D eigenvalue weighted by Gasteiger charge is 2.27. The zero-order chi connectivity index (χ0) is 13.3. The number of benzene rings is 1. The molecule has 1 heterocycles. The molecule has 102 valence electrons. The van der Waals surface area contributed by atoms with Crippen molar-refractivity contribution < 1.29 is 4.42 Å². The summed E-state index contributed by atoms with van der Waals surface area (Å²) in [5.74, 6) is 0. The molecule has 3 N–H and O–H groups in total. The van der Waals surface area contributed by atoms with Crippen LogP contribution in [0.3, 0.4) is 0 Å². The van der Waals surface area contributed by atoms with Crippen LogP contribution in [0.4, 0.5) is 11.7 Å². The van der Waals surface area contributed by atoms with Gasteiger partial charge in [-0.2, -0.15) is 4.98 Å². The number of nitrogens with one attached hydrogen (secondary N) is 1. The number of hydrogen-bond donors (Lipinski definition) is 2. The molecule has 4 heteroatoms. The third-order valence-corrected chi connectivity index (χ3v) is 4.18. The minimum absolute atomic E-state index is 0.366. The van der Waals surface area contributed by atoms with E-state index >= 15 is 0 Å². The van der Waals surface area contributed by atoms with E-state index in [2.05, 4.69) is 17.2 Å². The minimum atomic E-state index is 0.366. The summed E-state index contributed by atoms with van der Waals surface area (Å²) in [6.07, 6.45) is 6.59. The topological polar surface area (TPSA) is 64.1 Å². The Labute approximate surface area is 113 Å². The molecule has 2 aromatic rings. The van der Waals surface area contributed by atoms with Crippen LogP contribution in [-0.4, -0.2) is 11.5 Å². The summed E-state index contributed by atoms with van der Waals surface area (Å²) in [5.41, 5.74) is 8.41. The van der Waals surface area contributed by atoms with E-state index in [0.717, 1.165) is 17.6 Å². The fourth-order valence-electron chi connectivity index (χ4n) is 2.92. The van der Waals surface area contributed by atoms with E-state index < -0.39 is 0 Å². The smallest absolute Gasteiger partial charge is 0.295 e. The summed E-state index contributed by atoms with van der Waals surface area (Å²) in [7, 11) is 0. The van der Waals surface area contributed by atoms with Crippen LogP contribution in [0, 0.1) is 5.41 Å². The van der Waals surface area contributed by atoms with Crippen molar-refractivity contribution in [3.63, 3.8) is 0 Å². The zero-order valence-electron chi connectivity index (χ0n) is 11.4. The first-order chi connectivity index (χ1) is 9.16. The molecule has 0 spiro atoms. The van der Waals surface area contributed by atoms with Crippen LogP contribution in [-0.2, 0) is 0 Å². The molecule has 3 rings (SSSR count). The number of aromatic nitrogens is 1. The number of rotatable bonds is 3. The molecule has 1 aliphatic rings. The van der Waals surface area contributed by atoms with E-state index in [-0.39, 0.29) is 0 Å². The fraction of sp³-hybridized carbons (Fsp3) is 0.533. The quantitative estimate of drug-likeness (QED) is 0.823. The van der Waals surface area contributed by atoms with Gasteiger partial charge in [0, 0.05) is 6.54 Å². The molecule has 1 fully saturated rings. The summed E-state index contributed by atoms with van der Waals surface area (Å²) >= 11 is 0. The molecular formula is C15H21N3O. The van der Waals surface area contributed by atoms with Gasteiger partial charge in [-0.1, -0.05) is 32.3 Å². The van der Waals surface area contributed by atoms with E-state index in [1.54, 1.807) is 0 Å². The van der Waals surface area contributed by atoms with Crippen molar-refractivity contribution in [1.29, 1.82) is 0 Å². The number of hydrogen-bond acceptors (Lipinski definition) is 4. The Morgan fingerprint density at radius 3 is 2.84 bits per heavy atom. The average Bonchev–Trinajstić information content (AvgIpc) is 2.82. The summed E-state index contributed by atoms with van der Waals surface area (Å²) < 4.78 is 5.68. The summed E-state index contributed by atoms with van der Waals surface area (Å²) in [6, 6.07) is 6.21. The average molecular weight is 259 g/mol. The Hall–Kier alpha value is -1.71. The predicted octanol–water partition coefficient (Wildman–Crippen LogP) is 3.79. The van der Waals surface area contributed by atoms with Gasteiger partial charge in [-0.3, -0.25) is 0 Å². The van der Waals surface area contributed by atoms with Crippen molar-refractivity contribution in [2.75, 3.05) is 17.6 Å². The van der Waals surface area contributed by atoms with Gasteiger partial charge in [-0.15, -0.1) is 0 Å². The van der Waals surface area contributed by atoms with Crippen molar-refractivity contribution in [3.05, 3.63) is 18.2 Å². The molecule has 4 nitrogen and oxygen atoms in total. The van der Waals surface area contributed by atoms with Crippen LogP contribution in [0.25, 0.3) is 11.1 Å². The Kier molecular flexibility index (Phi) is 3.09. The normalized spacial score (nSPS) is 18.6. The van der Waals surface area contributed by atoms with E-state index in [1.807, 2.05) is 18.2 Å². The van der Waals surface area contributed by atoms with Gasteiger partial charge in [0.1, 0.15) is 5.52 Å². The molecule has 1 aliphatic carbocycles. The molecule has 0 unspecified atom stereocenters. The first kappa shape index (κ1) is 12.3. The molecule has 0 atom stereocenters. The molecule has 0 aliphatic heterocycles. The Morgan fingerprint density at radius 1 is 1.32 bits per heavy atom. The van der Waals surface area contributed by atoms with E-state index in [4.69, 9.17) is 10.2 Å². The number of fused-ring (bicyclic) bond motifs is 1. The summed E-state index contributed by atoms with van der Waals surface area (Å²) in [6.45, 7) is 3.26. The largest absolute Gasteiger partial charge is 0.423 e. The van der Waals surface area contributed by atoms with Crippen molar-refractivity contribution in [2.45, 2.75) is 39.0 Å². The van der Waals surface area contributed by atoms with Gasteiger partial charge in [0.15, 0.2) is 5.58 Å². The van der Waals surface area contributed by atoms with Gasteiger partial charge in [0.2, 0.25) is 0 Å². The van der Waals surface area contributed by atoms with E-state index in [1.165, 1.54) is 32.1 Å². The number of nitrogens with zero attached hydrogens (tertiary/aromatic N) is 1. The van der Waals surface area contributed by atoms with E-state index in [9.17, 15) is 0 Å². The van der Waals surface area contributed by atoms with Crippen LogP contribution in [0.5, 0.6) is 0 Å². The minimum Gasteiger partial charge on any atom is -0.423 e. The standard InChI is InChI=1S/C15H21N3O/c1-15(8-3-2-4-9-15)10-17-14-18-13-11(16)6-5-7-12(13)19-14/h5-7H,2-4,8-10,16H2,1H3,(H,17,18). The maximum Gasteiger partial charge on any atom is 0.295 e. The van der Waals surface area contributed by atoms with Gasteiger partial charge >= 0.3 is 0 Å². The lowest BCUT2D eigenvalue weighted by atomic mass is 9.76. The lowest BCUT2D eigenvalue weighted by molar-refractivity contribution is 0.232. The molecule has 0 saturated heterocycles. The molecule has 1 saturated carbocycles. The van der Waals surface area contributed by atoms with Gasteiger partial charge in [-0.05, 0) is 30.4 Å². The number of anilines is 2. The van der Waals surface area contributed by atoms with Gasteiger partial charge < -0.3 is 15.5 Å². The monoisotopic (exact) mass is 259 g/mol. The number of oxazole rings is 1. The second kappa shape index (κ2) is 4.76. The second-order valence-corrected chi connectivity index (χ2v) is 5.94. The summed E-state index contributed by atoms with van der Waals surface area (Å²) in [5, 5.41) is 3.34. The molecular weight excluding hydrogens is 238 g/mol. The highest BCUT2D eigenvalue weighted by Crippen LogP contribution is 2.36. The highest BCUT2D eigenvalue weighted by atomic mass is 16.4. The van der Waals surface area contributed by atoms with Gasteiger partial charge in [0.25, 0.3) is 6.01 Å². The molecule has 1 aromatic carbocycles. The lowest BCUT2D eigenvalue weighted by Gasteiger charge is -2.33. The number of nitrogens with two attached hydrogens (primary N) is 1. The maximum atomic E-state index is 5.88. The zero-order valence-corrected chi connectivity index (χ0v) is 11.4. The SMILES string of the molecule is CC1(CNc2nc3c(N)cccc3o2)CCCCC1. The Bertz CT molecular complexity index is 570. The fourth-order valence-corrected chi connectivity index (χ4v) is 2.92. The molecule has 0 radical (unpaired) electrons.